The van der Waals surface area contributed by atoms with E-state index in [-0.39, 0.29) is 0 Å². The fourth-order valence-corrected chi connectivity index (χ4v) is 3.09. The van der Waals surface area contributed by atoms with Gasteiger partial charge >= 0.3 is 0 Å². The van der Waals surface area contributed by atoms with Crippen molar-refractivity contribution in [3.05, 3.63) is 23.9 Å². The molecule has 0 aliphatic heterocycles. The van der Waals surface area contributed by atoms with Crippen LogP contribution >= 0.6 is 0 Å². The molecule has 1 heterocycles. The van der Waals surface area contributed by atoms with Crippen LogP contribution in [-0.4, -0.2) is 38.1 Å². The Morgan fingerprint density at radius 1 is 1.26 bits per heavy atom. The minimum absolute atomic E-state index is 0.546. The largest absolute Gasteiger partial charge is 0.363 e. The normalized spacial score (nSPS) is 21.8. The maximum atomic E-state index is 4.63. The van der Waals surface area contributed by atoms with Crippen LogP contribution < -0.4 is 15.5 Å². The molecule has 0 spiro atoms. The lowest BCUT2D eigenvalue weighted by molar-refractivity contribution is 0.304. The Labute approximate surface area is 140 Å². The first-order valence-corrected chi connectivity index (χ1v) is 8.72. The van der Waals surface area contributed by atoms with Crippen LogP contribution in [0.4, 0.5) is 5.82 Å². The molecule has 0 saturated heterocycles. The molecule has 1 aliphatic carbocycles. The van der Waals surface area contributed by atoms with Crippen molar-refractivity contribution in [1.29, 1.82) is 0 Å². The second-order valence-corrected chi connectivity index (χ2v) is 6.58. The zero-order valence-electron chi connectivity index (χ0n) is 15.0. The highest BCUT2D eigenvalue weighted by Gasteiger charge is 2.20. The Hall–Kier alpha value is -1.78. The molecular formula is C18H31N5. The van der Waals surface area contributed by atoms with Crippen LogP contribution in [-0.2, 0) is 6.54 Å². The lowest BCUT2D eigenvalue weighted by atomic mass is 9.84. The van der Waals surface area contributed by atoms with Crippen molar-refractivity contribution in [2.75, 3.05) is 26.0 Å². The zero-order valence-corrected chi connectivity index (χ0v) is 15.0. The highest BCUT2D eigenvalue weighted by Crippen LogP contribution is 2.26. The van der Waals surface area contributed by atoms with Gasteiger partial charge < -0.3 is 15.5 Å². The van der Waals surface area contributed by atoms with E-state index in [0.29, 0.717) is 12.6 Å². The number of aliphatic imine (C=N–C) groups is 1. The monoisotopic (exact) mass is 317 g/mol. The summed E-state index contributed by atoms with van der Waals surface area (Å²) >= 11 is 0. The number of nitrogens with zero attached hydrogens (tertiary/aromatic N) is 3. The summed E-state index contributed by atoms with van der Waals surface area (Å²) < 4.78 is 0. The second-order valence-electron chi connectivity index (χ2n) is 6.58. The van der Waals surface area contributed by atoms with Gasteiger partial charge in [-0.3, -0.25) is 4.99 Å². The third-order valence-electron chi connectivity index (χ3n) is 4.68. The van der Waals surface area contributed by atoms with Gasteiger partial charge in [0, 0.05) is 27.2 Å². The summed E-state index contributed by atoms with van der Waals surface area (Å²) in [6.07, 6.45) is 6.46. The van der Waals surface area contributed by atoms with E-state index in [2.05, 4.69) is 27.5 Å². The molecule has 5 nitrogen and oxygen atoms in total. The molecule has 1 aliphatic rings. The molecule has 1 aromatic heterocycles. The highest BCUT2D eigenvalue weighted by molar-refractivity contribution is 5.79. The Morgan fingerprint density at radius 2 is 2.00 bits per heavy atom. The number of anilines is 1. The molecule has 1 aromatic rings. The molecule has 1 saturated carbocycles. The van der Waals surface area contributed by atoms with Crippen molar-refractivity contribution in [1.82, 2.24) is 15.6 Å². The first kappa shape index (κ1) is 17.6. The maximum absolute atomic E-state index is 4.63. The third kappa shape index (κ3) is 5.41. The van der Waals surface area contributed by atoms with E-state index in [0.717, 1.165) is 23.4 Å². The molecule has 23 heavy (non-hydrogen) atoms. The molecule has 0 radical (unpaired) electrons. The van der Waals surface area contributed by atoms with Crippen molar-refractivity contribution in [2.24, 2.45) is 10.9 Å². The van der Waals surface area contributed by atoms with E-state index in [1.807, 2.05) is 44.2 Å². The minimum Gasteiger partial charge on any atom is -0.363 e. The Balaban J connectivity index is 1.82. The number of hydrogen-bond acceptors (Lipinski definition) is 3. The number of pyridine rings is 1. The van der Waals surface area contributed by atoms with E-state index in [4.69, 9.17) is 0 Å². The van der Waals surface area contributed by atoms with Crippen molar-refractivity contribution >= 4 is 11.8 Å². The van der Waals surface area contributed by atoms with Crippen LogP contribution in [0.1, 0.15) is 44.7 Å². The fraction of sp³-hybridized carbons (Fsp3) is 0.667. The summed E-state index contributed by atoms with van der Waals surface area (Å²) in [5, 5.41) is 6.94. The maximum Gasteiger partial charge on any atom is 0.191 e. The summed E-state index contributed by atoms with van der Waals surface area (Å²) in [7, 11) is 5.84. The SMILES string of the molecule is CCC1CCC(NC(=NC)NCc2cccc(N(C)C)n2)CC1. The standard InChI is InChI=1S/C18H31N5/c1-5-14-9-11-15(12-10-14)22-18(19-2)20-13-16-7-6-8-17(21-16)23(3)4/h6-8,14-15H,5,9-13H2,1-4H3,(H2,19,20,22). The molecule has 2 rings (SSSR count). The summed E-state index contributed by atoms with van der Waals surface area (Å²) in [4.78, 5) is 11.0. The highest BCUT2D eigenvalue weighted by atomic mass is 15.2. The van der Waals surface area contributed by atoms with Gasteiger partial charge in [0.25, 0.3) is 0 Å². The molecule has 0 atom stereocenters. The Bertz CT molecular complexity index is 504. The van der Waals surface area contributed by atoms with Gasteiger partial charge in [-0.2, -0.15) is 0 Å². The summed E-state index contributed by atoms with van der Waals surface area (Å²) in [6, 6.07) is 6.65. The predicted molar refractivity (Wildman–Crippen MR) is 97.9 cm³/mol. The van der Waals surface area contributed by atoms with Crippen molar-refractivity contribution in [2.45, 2.75) is 51.6 Å². The fourth-order valence-electron chi connectivity index (χ4n) is 3.09. The molecule has 128 valence electrons. The van der Waals surface area contributed by atoms with E-state index in [1.165, 1.54) is 32.1 Å². The number of hydrogen-bond donors (Lipinski definition) is 2. The topological polar surface area (TPSA) is 52.6 Å². The van der Waals surface area contributed by atoms with Crippen molar-refractivity contribution < 1.29 is 0 Å². The average Bonchev–Trinajstić information content (AvgIpc) is 2.59. The van der Waals surface area contributed by atoms with E-state index < -0.39 is 0 Å². The molecule has 5 heteroatoms. The van der Waals surface area contributed by atoms with Crippen LogP contribution in [0.2, 0.25) is 0 Å². The van der Waals surface area contributed by atoms with Crippen LogP contribution in [0, 0.1) is 5.92 Å². The van der Waals surface area contributed by atoms with Crippen molar-refractivity contribution in [3.63, 3.8) is 0 Å². The summed E-state index contributed by atoms with van der Waals surface area (Å²) in [5.41, 5.74) is 1.02. The van der Waals surface area contributed by atoms with Crippen LogP contribution in [0.3, 0.4) is 0 Å². The van der Waals surface area contributed by atoms with Crippen LogP contribution in [0.15, 0.2) is 23.2 Å². The van der Waals surface area contributed by atoms with Crippen LogP contribution in [0.25, 0.3) is 0 Å². The van der Waals surface area contributed by atoms with Gasteiger partial charge in [-0.15, -0.1) is 0 Å². The lowest BCUT2D eigenvalue weighted by Gasteiger charge is -2.29. The van der Waals surface area contributed by atoms with Gasteiger partial charge in [0.15, 0.2) is 5.96 Å². The molecule has 1 fully saturated rings. The van der Waals surface area contributed by atoms with Gasteiger partial charge in [0.2, 0.25) is 0 Å². The summed E-state index contributed by atoms with van der Waals surface area (Å²) in [6.45, 7) is 2.99. The molecule has 0 unspecified atom stereocenters. The van der Waals surface area contributed by atoms with Crippen molar-refractivity contribution in [3.8, 4) is 0 Å². The first-order chi connectivity index (χ1) is 11.1. The molecule has 0 amide bonds. The van der Waals surface area contributed by atoms with Gasteiger partial charge in [0.1, 0.15) is 5.82 Å². The first-order valence-electron chi connectivity index (χ1n) is 8.72. The lowest BCUT2D eigenvalue weighted by Crippen LogP contribution is -2.44. The van der Waals surface area contributed by atoms with Gasteiger partial charge in [-0.1, -0.05) is 19.4 Å². The number of rotatable bonds is 5. The van der Waals surface area contributed by atoms with E-state index in [1.54, 1.807) is 0 Å². The molecule has 0 bridgehead atoms. The Kier molecular flexibility index (Phi) is 6.68. The van der Waals surface area contributed by atoms with Gasteiger partial charge in [0.05, 0.1) is 12.2 Å². The number of nitrogens with one attached hydrogen (secondary N) is 2. The molecular weight excluding hydrogens is 286 g/mol. The number of aromatic nitrogens is 1. The Morgan fingerprint density at radius 3 is 2.61 bits per heavy atom. The third-order valence-corrected chi connectivity index (χ3v) is 4.68. The zero-order chi connectivity index (χ0) is 16.7. The summed E-state index contributed by atoms with van der Waals surface area (Å²) in [5.74, 6) is 2.77. The predicted octanol–water partition coefficient (Wildman–Crippen LogP) is 2.78. The smallest absolute Gasteiger partial charge is 0.191 e. The average molecular weight is 317 g/mol. The minimum atomic E-state index is 0.546. The van der Waals surface area contributed by atoms with E-state index in [9.17, 15) is 0 Å². The van der Waals surface area contributed by atoms with Gasteiger partial charge in [-0.05, 0) is 43.7 Å². The molecule has 2 N–H and O–H groups in total. The van der Waals surface area contributed by atoms with Gasteiger partial charge in [-0.25, -0.2) is 4.98 Å². The second kappa shape index (κ2) is 8.75. The van der Waals surface area contributed by atoms with Crippen LogP contribution in [0.5, 0.6) is 0 Å². The van der Waals surface area contributed by atoms with E-state index >= 15 is 0 Å². The number of guanidine groups is 1. The quantitative estimate of drug-likeness (QED) is 0.648. The molecule has 0 aromatic carbocycles.